The van der Waals surface area contributed by atoms with E-state index in [9.17, 15) is 9.59 Å². The van der Waals surface area contributed by atoms with E-state index in [4.69, 9.17) is 34.8 Å². The minimum Gasteiger partial charge on any atom is -0.326 e. The van der Waals surface area contributed by atoms with Gasteiger partial charge in [-0.25, -0.2) is 5.43 Å². The number of halogens is 3. The number of carbonyl (C=O) groups is 2. The number of hydrogen-bond donors (Lipinski definition) is 2. The maximum atomic E-state index is 11.9. The SMILES string of the molecule is Cc1c(Cl)cccc1NC(=O)CCC(=O)NN=Cc1ccc(Cl)cc1Cl. The Labute approximate surface area is 166 Å². The van der Waals surface area contributed by atoms with Crippen molar-refractivity contribution >= 4 is 58.5 Å². The molecule has 26 heavy (non-hydrogen) atoms. The Morgan fingerprint density at radius 2 is 1.77 bits per heavy atom. The van der Waals surface area contributed by atoms with E-state index in [2.05, 4.69) is 15.8 Å². The van der Waals surface area contributed by atoms with Gasteiger partial charge in [0.25, 0.3) is 0 Å². The van der Waals surface area contributed by atoms with Crippen LogP contribution in [0.15, 0.2) is 41.5 Å². The van der Waals surface area contributed by atoms with E-state index < -0.39 is 0 Å². The van der Waals surface area contributed by atoms with E-state index in [1.165, 1.54) is 6.21 Å². The van der Waals surface area contributed by atoms with Crippen LogP contribution in [-0.2, 0) is 9.59 Å². The highest BCUT2D eigenvalue weighted by molar-refractivity contribution is 6.36. The lowest BCUT2D eigenvalue weighted by atomic mass is 10.2. The summed E-state index contributed by atoms with van der Waals surface area (Å²) in [5.74, 6) is -0.667. The lowest BCUT2D eigenvalue weighted by molar-refractivity contribution is -0.124. The van der Waals surface area contributed by atoms with Crippen molar-refractivity contribution in [2.45, 2.75) is 19.8 Å². The zero-order chi connectivity index (χ0) is 19.1. The largest absolute Gasteiger partial charge is 0.326 e. The molecule has 0 spiro atoms. The lowest BCUT2D eigenvalue weighted by Crippen LogP contribution is -2.20. The third-order valence-electron chi connectivity index (χ3n) is 3.48. The zero-order valence-electron chi connectivity index (χ0n) is 13.9. The van der Waals surface area contributed by atoms with Gasteiger partial charge >= 0.3 is 0 Å². The molecule has 0 aliphatic heterocycles. The minimum absolute atomic E-state index is 0.00284. The van der Waals surface area contributed by atoms with E-state index >= 15 is 0 Å². The van der Waals surface area contributed by atoms with Crippen LogP contribution in [0.5, 0.6) is 0 Å². The van der Waals surface area contributed by atoms with Crippen molar-refractivity contribution in [3.63, 3.8) is 0 Å². The van der Waals surface area contributed by atoms with Crippen LogP contribution in [0.2, 0.25) is 15.1 Å². The van der Waals surface area contributed by atoms with Crippen molar-refractivity contribution in [2.24, 2.45) is 5.10 Å². The van der Waals surface area contributed by atoms with Gasteiger partial charge in [-0.1, -0.05) is 46.9 Å². The summed E-state index contributed by atoms with van der Waals surface area (Å²) in [6.45, 7) is 1.81. The molecule has 0 radical (unpaired) electrons. The number of benzene rings is 2. The zero-order valence-corrected chi connectivity index (χ0v) is 16.1. The van der Waals surface area contributed by atoms with Gasteiger partial charge in [0.2, 0.25) is 11.8 Å². The second kappa shape index (κ2) is 9.57. The van der Waals surface area contributed by atoms with Crippen molar-refractivity contribution in [2.75, 3.05) is 5.32 Å². The van der Waals surface area contributed by atoms with Gasteiger partial charge in [-0.3, -0.25) is 9.59 Å². The van der Waals surface area contributed by atoms with Crippen LogP contribution in [0.25, 0.3) is 0 Å². The third-order valence-corrected chi connectivity index (χ3v) is 4.45. The highest BCUT2D eigenvalue weighted by Crippen LogP contribution is 2.23. The molecule has 2 aromatic carbocycles. The molecular formula is C18H16Cl3N3O2. The highest BCUT2D eigenvalue weighted by Gasteiger charge is 2.09. The van der Waals surface area contributed by atoms with E-state index in [1.54, 1.807) is 43.3 Å². The number of hydrogen-bond acceptors (Lipinski definition) is 3. The molecule has 2 amide bonds. The van der Waals surface area contributed by atoms with Gasteiger partial charge in [-0.05, 0) is 36.8 Å². The summed E-state index contributed by atoms with van der Waals surface area (Å²) < 4.78 is 0. The molecule has 0 fully saturated rings. The van der Waals surface area contributed by atoms with Gasteiger partial charge in [-0.15, -0.1) is 0 Å². The Morgan fingerprint density at radius 3 is 2.50 bits per heavy atom. The van der Waals surface area contributed by atoms with Gasteiger partial charge in [0.1, 0.15) is 0 Å². The maximum absolute atomic E-state index is 11.9. The summed E-state index contributed by atoms with van der Waals surface area (Å²) in [7, 11) is 0. The number of anilines is 1. The predicted octanol–water partition coefficient (Wildman–Crippen LogP) is 4.82. The first-order valence-corrected chi connectivity index (χ1v) is 8.82. The Kier molecular flexibility index (Phi) is 7.45. The molecule has 0 bridgehead atoms. The molecule has 2 aromatic rings. The van der Waals surface area contributed by atoms with Crippen molar-refractivity contribution in [3.8, 4) is 0 Å². The number of rotatable bonds is 6. The second-order valence-electron chi connectivity index (χ2n) is 5.42. The number of hydrazone groups is 1. The van der Waals surface area contributed by atoms with Crippen LogP contribution in [-0.4, -0.2) is 18.0 Å². The van der Waals surface area contributed by atoms with Gasteiger partial charge in [0, 0.05) is 34.1 Å². The first-order chi connectivity index (χ1) is 12.4. The Morgan fingerprint density at radius 1 is 1.04 bits per heavy atom. The second-order valence-corrected chi connectivity index (χ2v) is 6.67. The first-order valence-electron chi connectivity index (χ1n) is 7.68. The molecule has 2 N–H and O–H groups in total. The third kappa shape index (κ3) is 6.02. The predicted molar refractivity (Wildman–Crippen MR) is 106 cm³/mol. The summed E-state index contributed by atoms with van der Waals surface area (Å²) in [5.41, 5.74) is 4.36. The van der Waals surface area contributed by atoms with E-state index in [-0.39, 0.29) is 24.7 Å². The Balaban J connectivity index is 1.80. The Hall–Kier alpha value is -2.08. The van der Waals surface area contributed by atoms with Crippen LogP contribution >= 0.6 is 34.8 Å². The van der Waals surface area contributed by atoms with Gasteiger partial charge in [0.15, 0.2) is 0 Å². The smallest absolute Gasteiger partial charge is 0.240 e. The lowest BCUT2D eigenvalue weighted by Gasteiger charge is -2.09. The summed E-state index contributed by atoms with van der Waals surface area (Å²) in [6.07, 6.45) is 1.43. The highest BCUT2D eigenvalue weighted by atomic mass is 35.5. The number of carbonyl (C=O) groups excluding carboxylic acids is 2. The molecule has 0 aliphatic rings. The fourth-order valence-electron chi connectivity index (χ4n) is 2.02. The molecule has 0 aliphatic carbocycles. The number of nitrogens with one attached hydrogen (secondary N) is 2. The minimum atomic E-state index is -0.385. The molecule has 0 saturated heterocycles. The quantitative estimate of drug-likeness (QED) is 0.527. The van der Waals surface area contributed by atoms with E-state index in [0.29, 0.717) is 26.3 Å². The van der Waals surface area contributed by atoms with Crippen LogP contribution in [0.1, 0.15) is 24.0 Å². The summed E-state index contributed by atoms with van der Waals surface area (Å²) in [6, 6.07) is 10.2. The summed E-state index contributed by atoms with van der Waals surface area (Å²) in [5, 5.41) is 8.05. The van der Waals surface area contributed by atoms with Crippen LogP contribution < -0.4 is 10.7 Å². The van der Waals surface area contributed by atoms with Crippen LogP contribution in [0.3, 0.4) is 0 Å². The first kappa shape index (κ1) is 20.2. The van der Waals surface area contributed by atoms with Crippen molar-refractivity contribution in [3.05, 3.63) is 62.6 Å². The van der Waals surface area contributed by atoms with E-state index in [1.807, 2.05) is 0 Å². The molecule has 5 nitrogen and oxygen atoms in total. The van der Waals surface area contributed by atoms with Gasteiger partial charge in [0.05, 0.1) is 11.2 Å². The molecule has 0 aromatic heterocycles. The van der Waals surface area contributed by atoms with Crippen molar-refractivity contribution in [1.82, 2.24) is 5.43 Å². The molecule has 0 unspecified atom stereocenters. The summed E-state index contributed by atoms with van der Waals surface area (Å²) in [4.78, 5) is 23.7. The molecule has 0 atom stereocenters. The standard InChI is InChI=1S/C18H16Cl3N3O2/c1-11-14(20)3-2-4-16(11)23-17(25)7-8-18(26)24-22-10-12-5-6-13(19)9-15(12)21/h2-6,9-10H,7-8H2,1H3,(H,23,25)(H,24,26). The molecule has 0 saturated carbocycles. The van der Waals surface area contributed by atoms with Gasteiger partial charge < -0.3 is 5.32 Å². The average molecular weight is 413 g/mol. The summed E-state index contributed by atoms with van der Waals surface area (Å²) >= 11 is 17.8. The fourth-order valence-corrected chi connectivity index (χ4v) is 2.65. The van der Waals surface area contributed by atoms with Crippen molar-refractivity contribution < 1.29 is 9.59 Å². The maximum Gasteiger partial charge on any atom is 0.240 e. The van der Waals surface area contributed by atoms with Gasteiger partial charge in [-0.2, -0.15) is 5.10 Å². The van der Waals surface area contributed by atoms with E-state index in [0.717, 1.165) is 5.56 Å². The fraction of sp³-hybridized carbons (Fsp3) is 0.167. The topological polar surface area (TPSA) is 70.6 Å². The normalized spacial score (nSPS) is 10.8. The molecular weight excluding hydrogens is 397 g/mol. The van der Waals surface area contributed by atoms with Crippen molar-refractivity contribution in [1.29, 1.82) is 0 Å². The molecule has 0 heterocycles. The van der Waals surface area contributed by atoms with Crippen LogP contribution in [0, 0.1) is 6.92 Å². The monoisotopic (exact) mass is 411 g/mol. The molecule has 2 rings (SSSR count). The molecule has 136 valence electrons. The average Bonchev–Trinajstić information content (AvgIpc) is 2.59. The number of nitrogens with zero attached hydrogens (tertiary/aromatic N) is 1. The number of amides is 2. The Bertz CT molecular complexity index is 854. The van der Waals surface area contributed by atoms with Crippen LogP contribution in [0.4, 0.5) is 5.69 Å². The molecule has 8 heteroatoms.